The minimum atomic E-state index is -0.206. The third-order valence-corrected chi connectivity index (χ3v) is 5.51. The predicted octanol–water partition coefficient (Wildman–Crippen LogP) is 4.41. The van der Waals surface area contributed by atoms with E-state index in [1.807, 2.05) is 44.2 Å². The van der Waals surface area contributed by atoms with Gasteiger partial charge in [-0.15, -0.1) is 0 Å². The summed E-state index contributed by atoms with van der Waals surface area (Å²) in [5.74, 6) is 0.367. The highest BCUT2D eigenvalue weighted by Crippen LogP contribution is 2.23. The minimum absolute atomic E-state index is 0.0843. The van der Waals surface area contributed by atoms with Crippen LogP contribution in [-0.2, 0) is 4.79 Å². The van der Waals surface area contributed by atoms with Crippen molar-refractivity contribution in [3.63, 3.8) is 0 Å². The van der Waals surface area contributed by atoms with Gasteiger partial charge in [0.25, 0.3) is 11.8 Å². The number of para-hydroxylation sites is 1. The number of hydrogen-bond donors (Lipinski definition) is 1. The summed E-state index contributed by atoms with van der Waals surface area (Å²) in [7, 11) is 1.68. The number of carbonyl (C=O) groups is 2. The van der Waals surface area contributed by atoms with Gasteiger partial charge in [0.2, 0.25) is 0 Å². The summed E-state index contributed by atoms with van der Waals surface area (Å²) in [6.07, 6.45) is 5.58. The molecule has 1 saturated carbocycles. The van der Waals surface area contributed by atoms with Gasteiger partial charge in [-0.25, -0.2) is 0 Å². The molecule has 1 fully saturated rings. The molecular formula is C24H30N2O3. The maximum absolute atomic E-state index is 12.8. The first kappa shape index (κ1) is 20.9. The van der Waals surface area contributed by atoms with Crippen LogP contribution in [0.1, 0.15) is 53.6 Å². The Morgan fingerprint density at radius 1 is 1.07 bits per heavy atom. The largest absolute Gasteiger partial charge is 0.483 e. The molecule has 0 radical (unpaired) electrons. The number of amides is 2. The number of ether oxygens (including phenoxy) is 1. The molecule has 1 aliphatic rings. The van der Waals surface area contributed by atoms with Crippen LogP contribution in [0.3, 0.4) is 0 Å². The molecule has 0 bridgehead atoms. The Bertz CT molecular complexity index is 872. The summed E-state index contributed by atoms with van der Waals surface area (Å²) in [6, 6.07) is 13.3. The van der Waals surface area contributed by atoms with Gasteiger partial charge in [0.15, 0.2) is 6.61 Å². The molecule has 0 aromatic heterocycles. The molecule has 2 aromatic rings. The van der Waals surface area contributed by atoms with Gasteiger partial charge in [-0.2, -0.15) is 0 Å². The number of anilines is 1. The van der Waals surface area contributed by atoms with Crippen LogP contribution < -0.4 is 15.0 Å². The fraction of sp³-hybridized carbons (Fsp3) is 0.417. The molecule has 154 valence electrons. The molecular weight excluding hydrogens is 364 g/mol. The second-order valence-corrected chi connectivity index (χ2v) is 7.84. The Balaban J connectivity index is 1.67. The quantitative estimate of drug-likeness (QED) is 0.790. The fourth-order valence-electron chi connectivity index (χ4n) is 3.80. The Morgan fingerprint density at radius 3 is 2.52 bits per heavy atom. The van der Waals surface area contributed by atoms with Crippen LogP contribution in [0.4, 0.5) is 5.69 Å². The zero-order valence-corrected chi connectivity index (χ0v) is 17.5. The molecule has 5 heteroatoms. The van der Waals surface area contributed by atoms with Gasteiger partial charge < -0.3 is 15.0 Å². The van der Waals surface area contributed by atoms with E-state index < -0.39 is 0 Å². The van der Waals surface area contributed by atoms with Gasteiger partial charge in [-0.05, 0) is 50.5 Å². The topological polar surface area (TPSA) is 58.6 Å². The Kier molecular flexibility index (Phi) is 6.91. The van der Waals surface area contributed by atoms with Crippen molar-refractivity contribution in [3.05, 3.63) is 59.2 Å². The van der Waals surface area contributed by atoms with E-state index in [4.69, 9.17) is 4.74 Å². The Hall–Kier alpha value is -2.82. The van der Waals surface area contributed by atoms with E-state index in [1.165, 1.54) is 11.3 Å². The number of nitrogens with one attached hydrogen (secondary N) is 1. The van der Waals surface area contributed by atoms with Crippen molar-refractivity contribution in [2.24, 2.45) is 0 Å². The molecule has 2 amide bonds. The van der Waals surface area contributed by atoms with E-state index in [-0.39, 0.29) is 24.5 Å². The number of carbonyl (C=O) groups excluding carboxylic acids is 2. The molecule has 0 heterocycles. The van der Waals surface area contributed by atoms with Crippen LogP contribution in [0.25, 0.3) is 0 Å². The minimum Gasteiger partial charge on any atom is -0.483 e. The summed E-state index contributed by atoms with van der Waals surface area (Å²) in [6.45, 7) is 3.89. The SMILES string of the molecule is Cc1ccc(OCC(=O)N(C)c2ccccc2C(=O)NC2CCCCC2)c(C)c1. The highest BCUT2D eigenvalue weighted by Gasteiger charge is 2.22. The van der Waals surface area contributed by atoms with E-state index in [1.54, 1.807) is 19.2 Å². The number of aryl methyl sites for hydroxylation is 2. The van der Waals surface area contributed by atoms with Crippen LogP contribution in [0, 0.1) is 13.8 Å². The molecule has 2 aromatic carbocycles. The zero-order chi connectivity index (χ0) is 20.8. The van der Waals surface area contributed by atoms with E-state index >= 15 is 0 Å². The third kappa shape index (κ3) is 5.37. The number of rotatable bonds is 6. The molecule has 0 unspecified atom stereocenters. The Morgan fingerprint density at radius 2 is 1.79 bits per heavy atom. The second kappa shape index (κ2) is 9.59. The molecule has 5 nitrogen and oxygen atoms in total. The number of likely N-dealkylation sites (N-methyl/N-ethyl adjacent to an activating group) is 1. The summed E-state index contributed by atoms with van der Waals surface area (Å²) in [5.41, 5.74) is 3.25. The van der Waals surface area contributed by atoms with Gasteiger partial charge >= 0.3 is 0 Å². The lowest BCUT2D eigenvalue weighted by molar-refractivity contribution is -0.120. The number of hydrogen-bond acceptors (Lipinski definition) is 3. The maximum atomic E-state index is 12.8. The highest BCUT2D eigenvalue weighted by atomic mass is 16.5. The standard InChI is InChI=1S/C24H30N2O3/c1-17-13-14-22(18(2)15-17)29-16-23(27)26(3)21-12-8-7-11-20(21)24(28)25-19-9-5-4-6-10-19/h7-8,11-15,19H,4-6,9-10,16H2,1-3H3,(H,25,28). The van der Waals surface area contributed by atoms with Crippen molar-refractivity contribution >= 4 is 17.5 Å². The molecule has 0 spiro atoms. The normalized spacial score (nSPS) is 14.3. The maximum Gasteiger partial charge on any atom is 0.264 e. The van der Waals surface area contributed by atoms with E-state index in [0.29, 0.717) is 17.0 Å². The molecule has 0 atom stereocenters. The van der Waals surface area contributed by atoms with Gasteiger partial charge in [0, 0.05) is 13.1 Å². The average molecular weight is 395 g/mol. The lowest BCUT2D eigenvalue weighted by Crippen LogP contribution is -2.38. The monoisotopic (exact) mass is 394 g/mol. The van der Waals surface area contributed by atoms with Crippen molar-refractivity contribution in [2.75, 3.05) is 18.6 Å². The zero-order valence-electron chi connectivity index (χ0n) is 17.5. The van der Waals surface area contributed by atoms with E-state index in [0.717, 1.165) is 36.8 Å². The average Bonchev–Trinajstić information content (AvgIpc) is 2.73. The van der Waals surface area contributed by atoms with Gasteiger partial charge in [-0.3, -0.25) is 9.59 Å². The summed E-state index contributed by atoms with van der Waals surface area (Å²) < 4.78 is 5.73. The summed E-state index contributed by atoms with van der Waals surface area (Å²) >= 11 is 0. The van der Waals surface area contributed by atoms with Crippen LogP contribution >= 0.6 is 0 Å². The first-order valence-corrected chi connectivity index (χ1v) is 10.3. The van der Waals surface area contributed by atoms with E-state index in [2.05, 4.69) is 5.32 Å². The van der Waals surface area contributed by atoms with E-state index in [9.17, 15) is 9.59 Å². The third-order valence-electron chi connectivity index (χ3n) is 5.51. The Labute approximate surface area is 173 Å². The van der Waals surface area contributed by atoms with Gasteiger partial charge in [0.05, 0.1) is 11.3 Å². The van der Waals surface area contributed by atoms with Crippen molar-refractivity contribution < 1.29 is 14.3 Å². The second-order valence-electron chi connectivity index (χ2n) is 7.84. The predicted molar refractivity (Wildman–Crippen MR) is 116 cm³/mol. The number of nitrogens with zero attached hydrogens (tertiary/aromatic N) is 1. The smallest absolute Gasteiger partial charge is 0.264 e. The van der Waals surface area contributed by atoms with Crippen molar-refractivity contribution in [1.82, 2.24) is 5.32 Å². The summed E-state index contributed by atoms with van der Waals surface area (Å²) in [5, 5.41) is 3.13. The summed E-state index contributed by atoms with van der Waals surface area (Å²) in [4.78, 5) is 27.1. The van der Waals surface area contributed by atoms with Crippen molar-refractivity contribution in [1.29, 1.82) is 0 Å². The number of benzene rings is 2. The molecule has 0 aliphatic heterocycles. The molecule has 1 aliphatic carbocycles. The first-order chi connectivity index (χ1) is 14.0. The molecule has 3 rings (SSSR count). The first-order valence-electron chi connectivity index (χ1n) is 10.3. The highest BCUT2D eigenvalue weighted by molar-refractivity contribution is 6.05. The lowest BCUT2D eigenvalue weighted by atomic mass is 9.95. The molecule has 1 N–H and O–H groups in total. The van der Waals surface area contributed by atoms with Crippen LogP contribution in [0.2, 0.25) is 0 Å². The lowest BCUT2D eigenvalue weighted by Gasteiger charge is -2.25. The van der Waals surface area contributed by atoms with Gasteiger partial charge in [-0.1, -0.05) is 49.1 Å². The molecule has 0 saturated heterocycles. The van der Waals surface area contributed by atoms with Crippen LogP contribution in [0.15, 0.2) is 42.5 Å². The van der Waals surface area contributed by atoms with Crippen LogP contribution in [-0.4, -0.2) is 31.5 Å². The molecule has 29 heavy (non-hydrogen) atoms. The van der Waals surface area contributed by atoms with Crippen molar-refractivity contribution in [2.45, 2.75) is 52.0 Å². The van der Waals surface area contributed by atoms with Crippen molar-refractivity contribution in [3.8, 4) is 5.75 Å². The van der Waals surface area contributed by atoms with Crippen LogP contribution in [0.5, 0.6) is 5.75 Å². The van der Waals surface area contributed by atoms with Gasteiger partial charge in [0.1, 0.15) is 5.75 Å². The fourth-order valence-corrected chi connectivity index (χ4v) is 3.80.